The van der Waals surface area contributed by atoms with E-state index in [1.54, 1.807) is 24.3 Å². The standard InChI is InChI=1S/C15H12BrF3O/c16-14(8-10-4-6-12(17)7-5-10)11-2-1-3-13(9-11)20-15(18)19/h1-7,9,14-15H,8H2. The lowest BCUT2D eigenvalue weighted by Gasteiger charge is -2.12. The molecule has 0 aliphatic rings. The first-order valence-electron chi connectivity index (χ1n) is 5.98. The first kappa shape index (κ1) is 14.9. The average molecular weight is 345 g/mol. The summed E-state index contributed by atoms with van der Waals surface area (Å²) < 4.78 is 41.5. The lowest BCUT2D eigenvalue weighted by Crippen LogP contribution is -2.03. The summed E-state index contributed by atoms with van der Waals surface area (Å²) in [5.41, 5.74) is 1.78. The molecule has 2 aromatic rings. The summed E-state index contributed by atoms with van der Waals surface area (Å²) in [6, 6.07) is 12.7. The first-order chi connectivity index (χ1) is 9.54. The predicted octanol–water partition coefficient (Wildman–Crippen LogP) is 5.11. The van der Waals surface area contributed by atoms with E-state index in [1.807, 2.05) is 6.07 Å². The highest BCUT2D eigenvalue weighted by atomic mass is 79.9. The second-order valence-electron chi connectivity index (χ2n) is 4.25. The quantitative estimate of drug-likeness (QED) is 0.685. The van der Waals surface area contributed by atoms with Gasteiger partial charge in [-0.05, 0) is 41.8 Å². The second kappa shape index (κ2) is 6.79. The van der Waals surface area contributed by atoms with Crippen molar-refractivity contribution in [1.82, 2.24) is 0 Å². The third-order valence-corrected chi connectivity index (χ3v) is 3.63. The minimum absolute atomic E-state index is 0.0609. The molecule has 0 N–H and O–H groups in total. The van der Waals surface area contributed by atoms with Crippen LogP contribution < -0.4 is 4.74 Å². The van der Waals surface area contributed by atoms with Crippen molar-refractivity contribution in [3.8, 4) is 5.75 Å². The van der Waals surface area contributed by atoms with Gasteiger partial charge in [0, 0.05) is 4.83 Å². The highest BCUT2D eigenvalue weighted by Crippen LogP contribution is 2.29. The normalized spacial score (nSPS) is 12.4. The van der Waals surface area contributed by atoms with Gasteiger partial charge in [0.25, 0.3) is 0 Å². The maximum Gasteiger partial charge on any atom is 0.387 e. The molecule has 0 aromatic heterocycles. The molecule has 1 nitrogen and oxygen atoms in total. The van der Waals surface area contributed by atoms with E-state index in [4.69, 9.17) is 0 Å². The first-order valence-corrected chi connectivity index (χ1v) is 6.89. The molecule has 0 aliphatic carbocycles. The van der Waals surface area contributed by atoms with E-state index in [0.29, 0.717) is 6.42 Å². The van der Waals surface area contributed by atoms with Crippen molar-refractivity contribution in [2.45, 2.75) is 17.9 Å². The molecule has 0 saturated heterocycles. The zero-order valence-corrected chi connectivity index (χ0v) is 12.0. The van der Waals surface area contributed by atoms with E-state index in [1.165, 1.54) is 18.2 Å². The number of alkyl halides is 3. The molecule has 0 amide bonds. The molecule has 0 saturated carbocycles. The van der Waals surface area contributed by atoms with Crippen LogP contribution in [0.15, 0.2) is 48.5 Å². The van der Waals surface area contributed by atoms with Gasteiger partial charge in [-0.15, -0.1) is 0 Å². The van der Waals surface area contributed by atoms with Crippen LogP contribution in [-0.4, -0.2) is 6.61 Å². The molecule has 2 aromatic carbocycles. The van der Waals surface area contributed by atoms with Crippen LogP contribution in [0.2, 0.25) is 0 Å². The van der Waals surface area contributed by atoms with Gasteiger partial charge in [0.15, 0.2) is 0 Å². The molecule has 0 radical (unpaired) electrons. The van der Waals surface area contributed by atoms with Crippen LogP contribution in [-0.2, 0) is 6.42 Å². The predicted molar refractivity (Wildman–Crippen MR) is 74.8 cm³/mol. The number of benzene rings is 2. The average Bonchev–Trinajstić information content (AvgIpc) is 2.41. The molecular weight excluding hydrogens is 333 g/mol. The minimum Gasteiger partial charge on any atom is -0.435 e. The molecule has 2 rings (SSSR count). The molecule has 0 heterocycles. The van der Waals surface area contributed by atoms with Crippen LogP contribution >= 0.6 is 15.9 Å². The Balaban J connectivity index is 2.08. The van der Waals surface area contributed by atoms with Crippen molar-refractivity contribution in [2.24, 2.45) is 0 Å². The summed E-state index contributed by atoms with van der Waals surface area (Å²) in [4.78, 5) is -0.0609. The maximum absolute atomic E-state index is 12.8. The Morgan fingerprint density at radius 2 is 1.75 bits per heavy atom. The number of hydrogen-bond acceptors (Lipinski definition) is 1. The Hall–Kier alpha value is -1.49. The van der Waals surface area contributed by atoms with Gasteiger partial charge in [-0.2, -0.15) is 8.78 Å². The molecule has 1 atom stereocenters. The largest absolute Gasteiger partial charge is 0.435 e. The Morgan fingerprint density at radius 3 is 2.40 bits per heavy atom. The van der Waals surface area contributed by atoms with E-state index < -0.39 is 6.61 Å². The van der Waals surface area contributed by atoms with E-state index in [-0.39, 0.29) is 16.4 Å². The van der Waals surface area contributed by atoms with Gasteiger partial charge in [-0.25, -0.2) is 4.39 Å². The van der Waals surface area contributed by atoms with Crippen LogP contribution in [0.25, 0.3) is 0 Å². The lowest BCUT2D eigenvalue weighted by molar-refractivity contribution is -0.0498. The molecule has 20 heavy (non-hydrogen) atoms. The van der Waals surface area contributed by atoms with Crippen molar-refractivity contribution in [2.75, 3.05) is 0 Å². The van der Waals surface area contributed by atoms with Gasteiger partial charge in [0.1, 0.15) is 11.6 Å². The highest BCUT2D eigenvalue weighted by molar-refractivity contribution is 9.09. The molecule has 0 fully saturated rings. The van der Waals surface area contributed by atoms with Crippen molar-refractivity contribution in [1.29, 1.82) is 0 Å². The van der Waals surface area contributed by atoms with E-state index in [0.717, 1.165) is 11.1 Å². The number of hydrogen-bond donors (Lipinski definition) is 0. The number of rotatable bonds is 5. The Kier molecular flexibility index (Phi) is 5.06. The van der Waals surface area contributed by atoms with Gasteiger partial charge in [-0.3, -0.25) is 0 Å². The molecule has 0 aliphatic heterocycles. The zero-order chi connectivity index (χ0) is 14.5. The van der Waals surface area contributed by atoms with Crippen molar-refractivity contribution in [3.05, 3.63) is 65.5 Å². The van der Waals surface area contributed by atoms with Crippen LogP contribution in [0.3, 0.4) is 0 Å². The molecular formula is C15H12BrF3O. The van der Waals surface area contributed by atoms with Gasteiger partial charge in [0.2, 0.25) is 0 Å². The molecule has 106 valence electrons. The maximum atomic E-state index is 12.8. The Morgan fingerprint density at radius 1 is 1.05 bits per heavy atom. The summed E-state index contributed by atoms with van der Waals surface area (Å²) in [5.74, 6) is -0.159. The summed E-state index contributed by atoms with van der Waals surface area (Å²) in [6.45, 7) is -2.84. The van der Waals surface area contributed by atoms with Crippen LogP contribution in [0, 0.1) is 5.82 Å². The molecule has 0 spiro atoms. The fourth-order valence-electron chi connectivity index (χ4n) is 1.83. The fraction of sp³-hybridized carbons (Fsp3) is 0.200. The summed E-state index contributed by atoms with van der Waals surface area (Å²) >= 11 is 3.50. The SMILES string of the molecule is Fc1ccc(CC(Br)c2cccc(OC(F)F)c2)cc1. The monoisotopic (exact) mass is 344 g/mol. The minimum atomic E-state index is -2.84. The van der Waals surface area contributed by atoms with Crippen molar-refractivity contribution >= 4 is 15.9 Å². The fourth-order valence-corrected chi connectivity index (χ4v) is 2.49. The van der Waals surface area contributed by atoms with Gasteiger partial charge >= 0.3 is 6.61 Å². The summed E-state index contributed by atoms with van der Waals surface area (Å²) in [6.07, 6.45) is 0.623. The smallest absolute Gasteiger partial charge is 0.387 e. The van der Waals surface area contributed by atoms with Gasteiger partial charge in [0.05, 0.1) is 0 Å². The number of halogens is 4. The van der Waals surface area contributed by atoms with E-state index in [2.05, 4.69) is 20.7 Å². The summed E-state index contributed by atoms with van der Waals surface area (Å²) in [5, 5.41) is 0. The zero-order valence-electron chi connectivity index (χ0n) is 10.4. The Bertz CT molecular complexity index is 557. The van der Waals surface area contributed by atoms with Crippen molar-refractivity contribution in [3.63, 3.8) is 0 Å². The number of ether oxygens (including phenoxy) is 1. The van der Waals surface area contributed by atoms with Crippen LogP contribution in [0.4, 0.5) is 13.2 Å². The molecule has 5 heteroatoms. The Labute approximate surface area is 123 Å². The van der Waals surface area contributed by atoms with Crippen molar-refractivity contribution < 1.29 is 17.9 Å². The molecule has 0 bridgehead atoms. The lowest BCUT2D eigenvalue weighted by atomic mass is 10.0. The van der Waals surface area contributed by atoms with Crippen LogP contribution in [0.1, 0.15) is 16.0 Å². The third-order valence-electron chi connectivity index (χ3n) is 2.77. The van der Waals surface area contributed by atoms with Gasteiger partial charge < -0.3 is 4.74 Å². The molecule has 1 unspecified atom stereocenters. The highest BCUT2D eigenvalue weighted by Gasteiger charge is 2.11. The topological polar surface area (TPSA) is 9.23 Å². The van der Waals surface area contributed by atoms with Crippen LogP contribution in [0.5, 0.6) is 5.75 Å². The third kappa shape index (κ3) is 4.27. The van der Waals surface area contributed by atoms with Gasteiger partial charge in [-0.1, -0.05) is 40.2 Å². The van der Waals surface area contributed by atoms with E-state index >= 15 is 0 Å². The van der Waals surface area contributed by atoms with E-state index in [9.17, 15) is 13.2 Å². The second-order valence-corrected chi connectivity index (χ2v) is 5.35. The summed E-state index contributed by atoms with van der Waals surface area (Å²) in [7, 11) is 0.